The van der Waals surface area contributed by atoms with Crippen molar-refractivity contribution in [1.82, 2.24) is 9.78 Å². The number of aromatic nitrogens is 2. The van der Waals surface area contributed by atoms with Gasteiger partial charge in [0.2, 0.25) is 23.6 Å². The number of thiophene rings is 1. The SMILES string of the molecule is COc1cc(C2C3=CCC4C(=O)N(c5cc(C(F)(F)F)cc(C(F)(F)F)c5)C(=O)C4C3CC3C(=O)N(c4cc(-c5sc6ccc(Cl)cc6c5C)nn4C)C(=O)C32C)c(Br)c(Br)c1O. The quantitative estimate of drug-likeness (QED) is 0.106. The highest BCUT2D eigenvalue weighted by Gasteiger charge is 2.68. The number of benzene rings is 3. The number of amides is 4. The fraction of sp³-hybridized carbons (Fsp3) is 0.326. The van der Waals surface area contributed by atoms with Gasteiger partial charge in [0.1, 0.15) is 11.5 Å². The summed E-state index contributed by atoms with van der Waals surface area (Å²) in [6.45, 7) is 3.53. The molecule has 4 aliphatic rings. The Kier molecular flexibility index (Phi) is 10.1. The molecule has 3 aromatic carbocycles. The van der Waals surface area contributed by atoms with Gasteiger partial charge in [-0.05, 0) is 123 Å². The molecule has 0 radical (unpaired) electrons. The molecule has 2 saturated heterocycles. The van der Waals surface area contributed by atoms with Gasteiger partial charge in [0, 0.05) is 33.2 Å². The molecular formula is C43H31Br2ClF6N4O6S. The molecule has 3 fully saturated rings. The number of nitrogens with zero attached hydrogens (tertiary/aromatic N) is 4. The van der Waals surface area contributed by atoms with Crippen LogP contribution in [0, 0.1) is 36.0 Å². The Morgan fingerprint density at radius 2 is 1.57 bits per heavy atom. The Hall–Kier alpha value is -4.72. The lowest BCUT2D eigenvalue weighted by Gasteiger charge is -2.49. The molecule has 20 heteroatoms. The molecule has 2 aliphatic heterocycles. The van der Waals surface area contributed by atoms with E-state index in [4.69, 9.17) is 21.4 Å². The van der Waals surface area contributed by atoms with E-state index >= 15 is 9.59 Å². The van der Waals surface area contributed by atoms with Crippen molar-refractivity contribution in [3.05, 3.63) is 96.4 Å². The number of hydrogen-bond donors (Lipinski definition) is 1. The molecule has 4 heterocycles. The third-order valence-corrected chi connectivity index (χ3v) is 16.7. The molecule has 2 aliphatic carbocycles. The lowest BCUT2D eigenvalue weighted by molar-refractivity contribution is -0.143. The van der Waals surface area contributed by atoms with E-state index < -0.39 is 87.8 Å². The second kappa shape index (κ2) is 14.7. The van der Waals surface area contributed by atoms with E-state index in [9.17, 15) is 41.0 Å². The first-order valence-corrected chi connectivity index (χ1v) is 22.0. The maximum Gasteiger partial charge on any atom is 0.416 e. The number of aromatic hydroxyl groups is 1. The Morgan fingerprint density at radius 1 is 0.905 bits per heavy atom. The molecule has 5 aromatic rings. The van der Waals surface area contributed by atoms with Crippen molar-refractivity contribution < 1.29 is 55.4 Å². The largest absolute Gasteiger partial charge is 0.503 e. The highest BCUT2D eigenvalue weighted by molar-refractivity contribution is 9.13. The summed E-state index contributed by atoms with van der Waals surface area (Å²) in [6, 6.07) is 9.19. The van der Waals surface area contributed by atoms with Crippen LogP contribution in [0.15, 0.2) is 69.1 Å². The van der Waals surface area contributed by atoms with E-state index in [-0.39, 0.29) is 45.2 Å². The van der Waals surface area contributed by atoms with Crippen LogP contribution in [0.2, 0.25) is 5.02 Å². The van der Waals surface area contributed by atoms with E-state index in [1.807, 2.05) is 19.1 Å². The Balaban J connectivity index is 1.18. The van der Waals surface area contributed by atoms with Crippen LogP contribution in [0.3, 0.4) is 0 Å². The van der Waals surface area contributed by atoms with Crippen molar-refractivity contribution in [2.24, 2.45) is 36.1 Å². The third kappa shape index (κ3) is 6.41. The van der Waals surface area contributed by atoms with Crippen LogP contribution < -0.4 is 14.5 Å². The first-order valence-electron chi connectivity index (χ1n) is 19.2. The molecule has 63 heavy (non-hydrogen) atoms. The van der Waals surface area contributed by atoms with Gasteiger partial charge < -0.3 is 9.84 Å². The van der Waals surface area contributed by atoms with Crippen LogP contribution in [0.4, 0.5) is 37.8 Å². The first kappa shape index (κ1) is 43.5. The topological polar surface area (TPSA) is 122 Å². The molecule has 328 valence electrons. The monoisotopic (exact) mass is 1040 g/mol. The van der Waals surface area contributed by atoms with E-state index in [1.54, 1.807) is 32.2 Å². The van der Waals surface area contributed by atoms with Gasteiger partial charge >= 0.3 is 12.4 Å². The lowest BCUT2D eigenvalue weighted by atomic mass is 9.51. The number of carbonyl (C=O) groups excluding carboxylic acids is 4. The van der Waals surface area contributed by atoms with Crippen molar-refractivity contribution in [2.45, 2.75) is 45.0 Å². The van der Waals surface area contributed by atoms with E-state index in [0.29, 0.717) is 38.9 Å². The van der Waals surface area contributed by atoms with Crippen molar-refractivity contribution in [3.8, 4) is 22.1 Å². The fourth-order valence-electron chi connectivity index (χ4n) is 10.1. The maximum absolute atomic E-state index is 15.3. The normalized spacial score (nSPS) is 24.9. The molecular weight excluding hydrogens is 1010 g/mol. The number of ether oxygens (including phenoxy) is 1. The Labute approximate surface area is 379 Å². The van der Waals surface area contributed by atoms with Gasteiger partial charge in [-0.15, -0.1) is 11.3 Å². The summed E-state index contributed by atoms with van der Waals surface area (Å²) in [4.78, 5) is 61.3. The lowest BCUT2D eigenvalue weighted by Crippen LogP contribution is -2.49. The summed E-state index contributed by atoms with van der Waals surface area (Å²) < 4.78 is 92.1. The number of phenolic OH excluding ortho intramolecular Hbond substituents is 1. The van der Waals surface area contributed by atoms with Gasteiger partial charge in [-0.25, -0.2) is 9.80 Å². The Morgan fingerprint density at radius 3 is 2.21 bits per heavy atom. The number of allylic oxidation sites excluding steroid dienone is 2. The number of phenols is 1. The van der Waals surface area contributed by atoms with Crippen molar-refractivity contribution >= 4 is 100 Å². The smallest absolute Gasteiger partial charge is 0.416 e. The summed E-state index contributed by atoms with van der Waals surface area (Å²) in [7, 11) is 2.90. The summed E-state index contributed by atoms with van der Waals surface area (Å²) in [5.41, 5.74) is -3.74. The second-order valence-corrected chi connectivity index (χ2v) is 19.4. The molecule has 2 aromatic heterocycles. The second-order valence-electron chi connectivity index (χ2n) is 16.3. The predicted molar refractivity (Wildman–Crippen MR) is 227 cm³/mol. The standard InChI is InChI=1S/C43H31Br2ClF6N4O6S/c1-16-23-12-19(46)5-8-29(23)63-36(16)27-15-30(54(3)53-27)56-38(59)26-13-24-21(32(41(26,2)40(56)61)25-14-28(62-4)35(57)34(45)33(25)44)6-7-22-31(24)39(60)55(37(22)58)20-10-17(42(47,48)49)9-18(11-20)43(50,51)52/h5-6,8-12,14-15,22,24,26,31-32,57H,7,13H2,1-4H3. The minimum Gasteiger partial charge on any atom is -0.503 e. The van der Waals surface area contributed by atoms with Crippen molar-refractivity contribution in [2.75, 3.05) is 16.9 Å². The van der Waals surface area contributed by atoms with Gasteiger partial charge in [-0.1, -0.05) is 23.3 Å². The molecule has 1 N–H and O–H groups in total. The molecule has 1 saturated carbocycles. The van der Waals surface area contributed by atoms with E-state index in [1.165, 1.54) is 29.2 Å². The fourth-order valence-corrected chi connectivity index (χ4v) is 12.4. The zero-order valence-electron chi connectivity index (χ0n) is 33.1. The number of fused-ring (bicyclic) bond motifs is 5. The number of anilines is 2. The van der Waals surface area contributed by atoms with Crippen LogP contribution in [-0.4, -0.2) is 45.6 Å². The molecule has 0 spiro atoms. The molecule has 6 atom stereocenters. The van der Waals surface area contributed by atoms with Gasteiger partial charge in [0.25, 0.3) is 0 Å². The molecule has 6 unspecified atom stereocenters. The molecule has 0 bridgehead atoms. The van der Waals surface area contributed by atoms with Crippen LogP contribution in [-0.2, 0) is 38.6 Å². The van der Waals surface area contributed by atoms with Crippen LogP contribution in [0.5, 0.6) is 11.5 Å². The van der Waals surface area contributed by atoms with Gasteiger partial charge in [0.05, 0.1) is 56.4 Å². The number of aryl methyl sites for hydroxylation is 2. The number of rotatable bonds is 5. The predicted octanol–water partition coefficient (Wildman–Crippen LogP) is 11.0. The van der Waals surface area contributed by atoms with Crippen LogP contribution in [0.25, 0.3) is 20.7 Å². The molecule has 10 nitrogen and oxygen atoms in total. The number of hydrogen-bond acceptors (Lipinski definition) is 8. The highest BCUT2D eigenvalue weighted by Crippen LogP contribution is 2.65. The number of halogens is 9. The van der Waals surface area contributed by atoms with Gasteiger partial charge in [0.15, 0.2) is 11.5 Å². The minimum absolute atomic E-state index is 0.00941. The minimum atomic E-state index is -5.25. The zero-order valence-corrected chi connectivity index (χ0v) is 37.8. The zero-order chi connectivity index (χ0) is 45.6. The third-order valence-electron chi connectivity index (χ3n) is 13.0. The average molecular weight is 1040 g/mol. The Bertz CT molecular complexity index is 2880. The first-order chi connectivity index (χ1) is 29.5. The van der Waals surface area contributed by atoms with Crippen LogP contribution >= 0.6 is 54.8 Å². The maximum atomic E-state index is 15.3. The molecule has 9 rings (SSSR count). The highest BCUT2D eigenvalue weighted by atomic mass is 79.9. The average Bonchev–Trinajstić information content (AvgIpc) is 3.89. The number of imide groups is 2. The van der Waals surface area contributed by atoms with Gasteiger partial charge in [-0.3, -0.25) is 23.9 Å². The van der Waals surface area contributed by atoms with Gasteiger partial charge in [-0.2, -0.15) is 31.4 Å². The van der Waals surface area contributed by atoms with E-state index in [2.05, 4.69) is 31.9 Å². The molecule has 4 amide bonds. The van der Waals surface area contributed by atoms with Crippen molar-refractivity contribution in [1.29, 1.82) is 0 Å². The van der Waals surface area contributed by atoms with E-state index in [0.717, 1.165) is 25.4 Å². The number of carbonyl (C=O) groups is 4. The summed E-state index contributed by atoms with van der Waals surface area (Å²) in [5.74, 6) is -9.25. The number of alkyl halides is 6. The summed E-state index contributed by atoms with van der Waals surface area (Å²) in [5, 5.41) is 17.1. The summed E-state index contributed by atoms with van der Waals surface area (Å²) >= 11 is 14.7. The van der Waals surface area contributed by atoms with Crippen LogP contribution in [0.1, 0.15) is 47.9 Å². The van der Waals surface area contributed by atoms with Crippen molar-refractivity contribution in [3.63, 3.8) is 0 Å². The summed E-state index contributed by atoms with van der Waals surface area (Å²) in [6.07, 6.45) is -9.18. The number of methoxy groups -OCH3 is 1.